The number of anilines is 1. The van der Waals surface area contributed by atoms with Crippen molar-refractivity contribution in [3.63, 3.8) is 0 Å². The lowest BCUT2D eigenvalue weighted by atomic mass is 9.67. The molecule has 1 aromatic carbocycles. The molecule has 1 heterocycles. The van der Waals surface area contributed by atoms with Crippen molar-refractivity contribution >= 4 is 23.3 Å². The van der Waals surface area contributed by atoms with Crippen molar-refractivity contribution in [1.29, 1.82) is 0 Å². The summed E-state index contributed by atoms with van der Waals surface area (Å²) in [4.78, 5) is 12.2. The molecule has 0 radical (unpaired) electrons. The van der Waals surface area contributed by atoms with Gasteiger partial charge in [-0.3, -0.25) is 0 Å². The van der Waals surface area contributed by atoms with Crippen LogP contribution in [-0.2, 0) is 9.47 Å². The highest BCUT2D eigenvalue weighted by Crippen LogP contribution is 2.43. The normalized spacial score (nSPS) is 29.6. The third kappa shape index (κ3) is 2.93. The van der Waals surface area contributed by atoms with Crippen molar-refractivity contribution in [2.75, 3.05) is 25.6 Å². The van der Waals surface area contributed by atoms with E-state index in [1.807, 2.05) is 19.1 Å². The van der Waals surface area contributed by atoms with Gasteiger partial charge in [-0.2, -0.15) is 0 Å². The van der Waals surface area contributed by atoms with Crippen LogP contribution in [0.3, 0.4) is 0 Å². The second-order valence-corrected chi connectivity index (χ2v) is 6.40. The zero-order valence-electron chi connectivity index (χ0n) is 12.8. The number of hydrogen-bond donors (Lipinski definition) is 2. The summed E-state index contributed by atoms with van der Waals surface area (Å²) in [5.41, 5.74) is 1.67. The van der Waals surface area contributed by atoms with Gasteiger partial charge in [-0.1, -0.05) is 17.7 Å². The number of nitrogens with one attached hydrogen (secondary N) is 2. The molecular formula is C16H21ClN2O3. The SMILES string of the molecule is COC[C@H]1[C@@H](NC(=O)Nc2ccc(C)c(Cl)c2)[C@@H]2CCO[C@@H]21. The first-order chi connectivity index (χ1) is 10.6. The smallest absolute Gasteiger partial charge is 0.319 e. The van der Waals surface area contributed by atoms with E-state index in [4.69, 9.17) is 21.1 Å². The summed E-state index contributed by atoms with van der Waals surface area (Å²) in [7, 11) is 1.67. The molecule has 1 aromatic rings. The van der Waals surface area contributed by atoms with Gasteiger partial charge in [0.15, 0.2) is 0 Å². The van der Waals surface area contributed by atoms with E-state index in [-0.39, 0.29) is 24.1 Å². The molecule has 6 heteroatoms. The third-order valence-electron chi connectivity index (χ3n) is 4.61. The van der Waals surface area contributed by atoms with E-state index < -0.39 is 0 Å². The Hall–Kier alpha value is -1.30. The fourth-order valence-electron chi connectivity index (χ4n) is 3.42. The molecule has 5 nitrogen and oxygen atoms in total. The van der Waals surface area contributed by atoms with Crippen LogP contribution in [0.2, 0.25) is 5.02 Å². The molecule has 4 atom stereocenters. The second-order valence-electron chi connectivity index (χ2n) is 6.00. The number of ether oxygens (including phenoxy) is 2. The minimum Gasteiger partial charge on any atom is -0.384 e. The number of hydrogen-bond acceptors (Lipinski definition) is 3. The van der Waals surface area contributed by atoms with Gasteiger partial charge in [0.25, 0.3) is 0 Å². The van der Waals surface area contributed by atoms with Crippen LogP contribution in [-0.4, -0.2) is 38.5 Å². The minimum absolute atomic E-state index is 0.105. The number of rotatable bonds is 4. The highest BCUT2D eigenvalue weighted by Gasteiger charge is 2.54. The van der Waals surface area contributed by atoms with Gasteiger partial charge >= 0.3 is 6.03 Å². The molecule has 22 heavy (non-hydrogen) atoms. The summed E-state index contributed by atoms with van der Waals surface area (Å²) >= 11 is 6.07. The molecule has 2 fully saturated rings. The van der Waals surface area contributed by atoms with Crippen LogP contribution in [0.1, 0.15) is 12.0 Å². The topological polar surface area (TPSA) is 59.6 Å². The number of amides is 2. The molecule has 2 amide bonds. The van der Waals surface area contributed by atoms with E-state index in [0.717, 1.165) is 18.6 Å². The van der Waals surface area contributed by atoms with Crippen molar-refractivity contribution in [2.45, 2.75) is 25.5 Å². The maximum atomic E-state index is 12.2. The molecule has 0 aromatic heterocycles. The van der Waals surface area contributed by atoms with Gasteiger partial charge in [0.05, 0.1) is 12.7 Å². The Balaban J connectivity index is 1.60. The van der Waals surface area contributed by atoms with E-state index in [0.29, 0.717) is 23.2 Å². The number of halogens is 1. The quantitative estimate of drug-likeness (QED) is 0.895. The van der Waals surface area contributed by atoms with Crippen LogP contribution in [0.25, 0.3) is 0 Å². The molecule has 2 aliphatic rings. The molecule has 0 unspecified atom stereocenters. The summed E-state index contributed by atoms with van der Waals surface area (Å²) in [6.45, 7) is 3.29. The van der Waals surface area contributed by atoms with Gasteiger partial charge in [-0.05, 0) is 31.0 Å². The predicted octanol–water partition coefficient (Wildman–Crippen LogP) is 2.82. The molecule has 0 bridgehead atoms. The van der Waals surface area contributed by atoms with E-state index in [2.05, 4.69) is 10.6 Å². The highest BCUT2D eigenvalue weighted by molar-refractivity contribution is 6.31. The van der Waals surface area contributed by atoms with Crippen LogP contribution in [0.4, 0.5) is 10.5 Å². The molecule has 1 saturated heterocycles. The van der Waals surface area contributed by atoms with Gasteiger partial charge in [0, 0.05) is 42.3 Å². The van der Waals surface area contributed by atoms with Gasteiger partial charge in [-0.15, -0.1) is 0 Å². The molecule has 1 aliphatic heterocycles. The van der Waals surface area contributed by atoms with Gasteiger partial charge in [-0.25, -0.2) is 4.79 Å². The lowest BCUT2D eigenvalue weighted by Gasteiger charge is -2.47. The molecule has 120 valence electrons. The number of methoxy groups -OCH3 is 1. The van der Waals surface area contributed by atoms with E-state index in [9.17, 15) is 4.79 Å². The van der Waals surface area contributed by atoms with Crippen LogP contribution in [0, 0.1) is 18.8 Å². The summed E-state index contributed by atoms with van der Waals surface area (Å²) in [6.07, 6.45) is 1.21. The average molecular weight is 325 g/mol. The van der Waals surface area contributed by atoms with E-state index in [1.54, 1.807) is 13.2 Å². The summed E-state index contributed by atoms with van der Waals surface area (Å²) in [5.74, 6) is 0.623. The maximum Gasteiger partial charge on any atom is 0.319 e. The number of urea groups is 1. The summed E-state index contributed by atoms with van der Waals surface area (Å²) in [5, 5.41) is 6.53. The number of carbonyl (C=O) groups is 1. The first-order valence-corrected chi connectivity index (χ1v) is 7.92. The van der Waals surface area contributed by atoms with Crippen molar-refractivity contribution < 1.29 is 14.3 Å². The van der Waals surface area contributed by atoms with Crippen LogP contribution >= 0.6 is 11.6 Å². The first kappa shape index (κ1) is 15.6. The Kier molecular flexibility index (Phi) is 4.57. The van der Waals surface area contributed by atoms with Crippen LogP contribution < -0.4 is 10.6 Å². The Labute approximate surface area is 135 Å². The van der Waals surface area contributed by atoms with Crippen LogP contribution in [0.5, 0.6) is 0 Å². The standard InChI is InChI=1S/C16H21ClN2O3/c1-9-3-4-10(7-13(9)17)18-16(20)19-14-11-5-6-22-15(11)12(14)8-21-2/h3-4,7,11-12,14-15H,5-6,8H2,1-2H3,(H2,18,19,20)/t11-,12-,14-,15-/m0/s1. The average Bonchev–Trinajstić information content (AvgIpc) is 2.91. The second kappa shape index (κ2) is 6.44. The first-order valence-electron chi connectivity index (χ1n) is 7.54. The maximum absolute atomic E-state index is 12.2. The third-order valence-corrected chi connectivity index (χ3v) is 5.02. The Bertz CT molecular complexity index is 566. The minimum atomic E-state index is -0.212. The molecule has 3 rings (SSSR count). The van der Waals surface area contributed by atoms with Crippen LogP contribution in [0.15, 0.2) is 18.2 Å². The van der Waals surface area contributed by atoms with E-state index >= 15 is 0 Å². The van der Waals surface area contributed by atoms with Crippen molar-refractivity contribution in [3.8, 4) is 0 Å². The number of carbonyl (C=O) groups excluding carboxylic acids is 1. The Morgan fingerprint density at radius 3 is 3.05 bits per heavy atom. The molecule has 0 spiro atoms. The van der Waals surface area contributed by atoms with Gasteiger partial charge in [0.1, 0.15) is 0 Å². The fourth-order valence-corrected chi connectivity index (χ4v) is 3.60. The number of benzene rings is 1. The zero-order chi connectivity index (χ0) is 15.7. The lowest BCUT2D eigenvalue weighted by molar-refractivity contribution is -0.0798. The summed E-state index contributed by atoms with van der Waals surface area (Å²) in [6, 6.07) is 5.38. The zero-order valence-corrected chi connectivity index (χ0v) is 13.5. The monoisotopic (exact) mass is 324 g/mol. The number of aryl methyl sites for hydroxylation is 1. The molecule has 1 aliphatic carbocycles. The predicted molar refractivity (Wildman–Crippen MR) is 85.3 cm³/mol. The molecule has 2 N–H and O–H groups in total. The fraction of sp³-hybridized carbons (Fsp3) is 0.562. The van der Waals surface area contributed by atoms with Gasteiger partial charge in [0.2, 0.25) is 0 Å². The summed E-state index contributed by atoms with van der Waals surface area (Å²) < 4.78 is 11.0. The highest BCUT2D eigenvalue weighted by atomic mass is 35.5. The largest absolute Gasteiger partial charge is 0.384 e. The Morgan fingerprint density at radius 2 is 2.32 bits per heavy atom. The molecular weight excluding hydrogens is 304 g/mol. The lowest BCUT2D eigenvalue weighted by Crippen LogP contribution is -2.63. The Morgan fingerprint density at radius 1 is 1.50 bits per heavy atom. The van der Waals surface area contributed by atoms with E-state index in [1.165, 1.54) is 0 Å². The van der Waals surface area contributed by atoms with Crippen molar-refractivity contribution in [1.82, 2.24) is 5.32 Å². The molecule has 1 saturated carbocycles. The van der Waals surface area contributed by atoms with Gasteiger partial charge < -0.3 is 20.1 Å². The van der Waals surface area contributed by atoms with Crippen molar-refractivity contribution in [3.05, 3.63) is 28.8 Å². The number of fused-ring (bicyclic) bond motifs is 1. The van der Waals surface area contributed by atoms with Crippen molar-refractivity contribution in [2.24, 2.45) is 11.8 Å².